The number of carbonyl (C=O) groups excluding carboxylic acids is 1. The molecule has 1 aromatic rings. The number of hydrogen-bond acceptors (Lipinski definition) is 5. The molecule has 0 atom stereocenters. The zero-order valence-corrected chi connectivity index (χ0v) is 11.4. The summed E-state index contributed by atoms with van der Waals surface area (Å²) in [6.07, 6.45) is 4.51. The number of aliphatic imine (C=N–C) groups is 1. The van der Waals surface area contributed by atoms with E-state index in [1.807, 2.05) is 14.1 Å². The van der Waals surface area contributed by atoms with Crippen molar-refractivity contribution < 1.29 is 4.79 Å². The molecule has 0 aliphatic rings. The summed E-state index contributed by atoms with van der Waals surface area (Å²) in [6.45, 7) is 0. The number of hydrazone groups is 1. The van der Waals surface area contributed by atoms with Crippen molar-refractivity contribution in [2.75, 3.05) is 28.2 Å². The van der Waals surface area contributed by atoms with Crippen LogP contribution in [0.15, 0.2) is 22.4 Å². The Kier molecular flexibility index (Phi) is 5.39. The van der Waals surface area contributed by atoms with Crippen LogP contribution in [0.25, 0.3) is 0 Å². The molecule has 19 heavy (non-hydrogen) atoms. The van der Waals surface area contributed by atoms with Crippen LogP contribution in [0.1, 0.15) is 10.5 Å². The van der Waals surface area contributed by atoms with Crippen LogP contribution in [0.5, 0.6) is 0 Å². The first-order valence-corrected chi connectivity index (χ1v) is 5.52. The van der Waals surface area contributed by atoms with Crippen LogP contribution < -0.4 is 5.43 Å². The van der Waals surface area contributed by atoms with Gasteiger partial charge in [0.05, 0.1) is 6.34 Å². The number of carbonyl (C=O) groups is 1. The SMILES string of the molecule is CN(C)C=NNC(=O)c1ccnc(N=CN(C)C)n1. The average Bonchev–Trinajstić information content (AvgIpc) is 2.36. The third kappa shape index (κ3) is 5.57. The zero-order valence-electron chi connectivity index (χ0n) is 11.4. The van der Waals surface area contributed by atoms with Crippen LogP contribution in [0.4, 0.5) is 5.95 Å². The molecule has 1 rings (SSSR count). The molecule has 0 unspecified atom stereocenters. The Morgan fingerprint density at radius 3 is 2.58 bits per heavy atom. The molecular weight excluding hydrogens is 246 g/mol. The van der Waals surface area contributed by atoms with E-state index in [0.29, 0.717) is 0 Å². The second-order valence-electron chi connectivity index (χ2n) is 4.10. The quantitative estimate of drug-likeness (QED) is 0.456. The Morgan fingerprint density at radius 1 is 1.26 bits per heavy atom. The number of aromatic nitrogens is 2. The van der Waals surface area contributed by atoms with Gasteiger partial charge in [0.2, 0.25) is 0 Å². The first kappa shape index (κ1) is 14.6. The summed E-state index contributed by atoms with van der Waals surface area (Å²) in [5.74, 6) is -0.195. The molecular formula is C11H17N7O. The molecule has 0 spiro atoms. The van der Waals surface area contributed by atoms with Gasteiger partial charge in [-0.25, -0.2) is 20.4 Å². The fraction of sp³-hybridized carbons (Fsp3) is 0.364. The van der Waals surface area contributed by atoms with Crippen molar-refractivity contribution in [3.8, 4) is 0 Å². The van der Waals surface area contributed by atoms with Crippen molar-refractivity contribution >= 4 is 24.5 Å². The standard InChI is InChI=1S/C11H17N7O/c1-17(2)7-13-11-12-6-5-9(15-11)10(19)16-14-8-18(3)4/h5-8H,1-4H3,(H,16,19). The van der Waals surface area contributed by atoms with E-state index in [1.54, 1.807) is 30.2 Å². The summed E-state index contributed by atoms with van der Waals surface area (Å²) >= 11 is 0. The van der Waals surface area contributed by atoms with Crippen LogP contribution in [-0.4, -0.2) is 66.5 Å². The molecule has 0 radical (unpaired) electrons. The Bertz CT molecular complexity index is 482. The molecule has 0 saturated carbocycles. The Hall–Kier alpha value is -2.51. The van der Waals surface area contributed by atoms with Gasteiger partial charge in [-0.15, -0.1) is 0 Å². The van der Waals surface area contributed by atoms with E-state index >= 15 is 0 Å². The highest BCUT2D eigenvalue weighted by atomic mass is 16.2. The van der Waals surface area contributed by atoms with Crippen LogP contribution in [0.3, 0.4) is 0 Å². The molecule has 102 valence electrons. The lowest BCUT2D eigenvalue weighted by atomic mass is 10.4. The highest BCUT2D eigenvalue weighted by molar-refractivity contribution is 5.92. The fourth-order valence-electron chi connectivity index (χ4n) is 0.964. The molecule has 1 amide bonds. The monoisotopic (exact) mass is 263 g/mol. The van der Waals surface area contributed by atoms with Crippen LogP contribution in [0.2, 0.25) is 0 Å². The van der Waals surface area contributed by atoms with E-state index in [2.05, 4.69) is 25.5 Å². The van der Waals surface area contributed by atoms with Crippen molar-refractivity contribution in [2.45, 2.75) is 0 Å². The van der Waals surface area contributed by atoms with Crippen molar-refractivity contribution in [3.05, 3.63) is 18.0 Å². The van der Waals surface area contributed by atoms with Crippen LogP contribution >= 0.6 is 0 Å². The normalized spacial score (nSPS) is 10.9. The predicted molar refractivity (Wildman–Crippen MR) is 73.5 cm³/mol. The summed E-state index contributed by atoms with van der Waals surface area (Å²) in [6, 6.07) is 1.50. The molecule has 0 bridgehead atoms. The van der Waals surface area contributed by atoms with E-state index in [-0.39, 0.29) is 11.6 Å². The highest BCUT2D eigenvalue weighted by Crippen LogP contribution is 2.03. The minimum atomic E-state index is -0.415. The van der Waals surface area contributed by atoms with Gasteiger partial charge >= 0.3 is 0 Å². The van der Waals surface area contributed by atoms with Gasteiger partial charge in [0.1, 0.15) is 12.0 Å². The molecule has 8 nitrogen and oxygen atoms in total. The summed E-state index contributed by atoms with van der Waals surface area (Å²) in [5.41, 5.74) is 2.56. The Morgan fingerprint density at radius 2 is 1.95 bits per heavy atom. The predicted octanol–water partition coefficient (Wildman–Crippen LogP) is -0.0673. The van der Waals surface area contributed by atoms with Gasteiger partial charge in [-0.1, -0.05) is 0 Å². The van der Waals surface area contributed by atoms with Crippen molar-refractivity contribution in [1.82, 2.24) is 25.2 Å². The maximum Gasteiger partial charge on any atom is 0.290 e. The second kappa shape index (κ2) is 7.04. The van der Waals surface area contributed by atoms with Crippen molar-refractivity contribution in [3.63, 3.8) is 0 Å². The molecule has 0 saturated heterocycles. The number of amides is 1. The summed E-state index contributed by atoms with van der Waals surface area (Å²) in [5, 5.41) is 3.75. The van der Waals surface area contributed by atoms with Crippen molar-refractivity contribution in [2.24, 2.45) is 10.1 Å². The molecule has 0 aromatic carbocycles. The van der Waals surface area contributed by atoms with Gasteiger partial charge in [0.15, 0.2) is 0 Å². The first-order valence-electron chi connectivity index (χ1n) is 5.52. The summed E-state index contributed by atoms with van der Waals surface area (Å²) < 4.78 is 0. The van der Waals surface area contributed by atoms with Gasteiger partial charge in [-0.05, 0) is 6.07 Å². The molecule has 0 fully saturated rings. The molecule has 8 heteroatoms. The van der Waals surface area contributed by atoms with Gasteiger partial charge < -0.3 is 9.80 Å². The fourth-order valence-corrected chi connectivity index (χ4v) is 0.964. The molecule has 1 heterocycles. The molecule has 1 N–H and O–H groups in total. The lowest BCUT2D eigenvalue weighted by molar-refractivity contribution is 0.0949. The third-order valence-corrected chi connectivity index (χ3v) is 1.73. The summed E-state index contributed by atoms with van der Waals surface area (Å²) in [4.78, 5) is 27.1. The van der Waals surface area contributed by atoms with Crippen LogP contribution in [-0.2, 0) is 0 Å². The average molecular weight is 263 g/mol. The maximum atomic E-state index is 11.7. The molecule has 0 aliphatic heterocycles. The van der Waals surface area contributed by atoms with Gasteiger partial charge in [-0.2, -0.15) is 5.10 Å². The van der Waals surface area contributed by atoms with E-state index in [1.165, 1.54) is 18.6 Å². The maximum absolute atomic E-state index is 11.7. The van der Waals surface area contributed by atoms with Gasteiger partial charge in [-0.3, -0.25) is 4.79 Å². The number of hydrogen-bond donors (Lipinski definition) is 1. The smallest absolute Gasteiger partial charge is 0.290 e. The number of nitrogens with one attached hydrogen (secondary N) is 1. The minimum Gasteiger partial charge on any atom is -0.369 e. The highest BCUT2D eigenvalue weighted by Gasteiger charge is 2.07. The third-order valence-electron chi connectivity index (χ3n) is 1.73. The Labute approximate surface area is 111 Å². The second-order valence-corrected chi connectivity index (χ2v) is 4.10. The zero-order chi connectivity index (χ0) is 14.3. The lowest BCUT2D eigenvalue weighted by Gasteiger charge is -2.04. The minimum absolute atomic E-state index is 0.205. The first-order chi connectivity index (χ1) is 8.99. The topological polar surface area (TPSA) is 86.1 Å². The largest absolute Gasteiger partial charge is 0.369 e. The van der Waals surface area contributed by atoms with E-state index in [4.69, 9.17) is 0 Å². The van der Waals surface area contributed by atoms with Gasteiger partial charge in [0, 0.05) is 34.4 Å². The Balaban J connectivity index is 2.73. The van der Waals surface area contributed by atoms with Gasteiger partial charge in [0.25, 0.3) is 11.9 Å². The number of rotatable bonds is 5. The van der Waals surface area contributed by atoms with Crippen molar-refractivity contribution in [1.29, 1.82) is 0 Å². The lowest BCUT2D eigenvalue weighted by Crippen LogP contribution is -2.21. The van der Waals surface area contributed by atoms with E-state index in [9.17, 15) is 4.79 Å². The molecule has 0 aliphatic carbocycles. The van der Waals surface area contributed by atoms with E-state index < -0.39 is 5.91 Å². The van der Waals surface area contributed by atoms with Crippen LogP contribution in [0, 0.1) is 0 Å². The number of nitrogens with zero attached hydrogens (tertiary/aromatic N) is 6. The molecule has 1 aromatic heterocycles. The summed E-state index contributed by atoms with van der Waals surface area (Å²) in [7, 11) is 7.26. The van der Waals surface area contributed by atoms with E-state index in [0.717, 1.165) is 0 Å².